The summed E-state index contributed by atoms with van der Waals surface area (Å²) in [4.78, 5) is 27.6. The van der Waals surface area contributed by atoms with Crippen molar-refractivity contribution in [3.8, 4) is 0 Å². The van der Waals surface area contributed by atoms with E-state index in [-0.39, 0.29) is 17.7 Å². The van der Waals surface area contributed by atoms with Crippen molar-refractivity contribution in [2.45, 2.75) is 32.1 Å². The van der Waals surface area contributed by atoms with Gasteiger partial charge in [-0.05, 0) is 56.0 Å². The zero-order valence-electron chi connectivity index (χ0n) is 14.1. The second-order valence-electron chi connectivity index (χ2n) is 6.85. The van der Waals surface area contributed by atoms with Crippen LogP contribution in [0.1, 0.15) is 30.6 Å². The Hall–Kier alpha value is -1.40. The van der Waals surface area contributed by atoms with Crippen molar-refractivity contribution in [2.24, 2.45) is 11.8 Å². The van der Waals surface area contributed by atoms with Crippen LogP contribution in [-0.2, 0) is 16.0 Å². The average Bonchev–Trinajstić information content (AvgIpc) is 3.28. The van der Waals surface area contributed by atoms with Gasteiger partial charge in [0.1, 0.15) is 0 Å². The van der Waals surface area contributed by atoms with Crippen LogP contribution in [0, 0.1) is 11.8 Å². The van der Waals surface area contributed by atoms with Gasteiger partial charge >= 0.3 is 0 Å². The third kappa shape index (κ3) is 5.31. The Kier molecular flexibility index (Phi) is 6.26. The first-order valence-corrected chi connectivity index (χ1v) is 9.89. The van der Waals surface area contributed by atoms with Crippen molar-refractivity contribution in [1.29, 1.82) is 0 Å². The highest BCUT2D eigenvalue weighted by Crippen LogP contribution is 2.27. The molecule has 2 aliphatic rings. The minimum atomic E-state index is 0.0526. The lowest BCUT2D eigenvalue weighted by Crippen LogP contribution is -2.46. The second kappa shape index (κ2) is 8.62. The first kappa shape index (κ1) is 17.4. The Morgan fingerprint density at radius 2 is 2.00 bits per heavy atom. The molecule has 2 N–H and O–H groups in total. The minimum absolute atomic E-state index is 0.0526. The summed E-state index contributed by atoms with van der Waals surface area (Å²) in [5.74, 6) is 1.16. The Morgan fingerprint density at radius 1 is 1.21 bits per heavy atom. The minimum Gasteiger partial charge on any atom is -0.355 e. The molecule has 5 nitrogen and oxygen atoms in total. The van der Waals surface area contributed by atoms with Gasteiger partial charge in [-0.1, -0.05) is 6.07 Å². The first-order valence-electron chi connectivity index (χ1n) is 9.01. The van der Waals surface area contributed by atoms with E-state index in [4.69, 9.17) is 0 Å². The van der Waals surface area contributed by atoms with Gasteiger partial charge in [0.25, 0.3) is 0 Å². The van der Waals surface area contributed by atoms with Crippen LogP contribution in [0.5, 0.6) is 0 Å². The van der Waals surface area contributed by atoms with Crippen molar-refractivity contribution in [3.63, 3.8) is 0 Å². The molecule has 1 aliphatic heterocycles. The van der Waals surface area contributed by atoms with Crippen LogP contribution < -0.4 is 10.6 Å². The molecule has 1 saturated heterocycles. The molecule has 0 spiro atoms. The molecule has 132 valence electrons. The normalized spacial score (nSPS) is 18.6. The van der Waals surface area contributed by atoms with Crippen LogP contribution in [0.4, 0.5) is 0 Å². The number of carbonyl (C=O) groups excluding carboxylic acids is 2. The molecule has 2 fully saturated rings. The zero-order chi connectivity index (χ0) is 16.8. The maximum absolute atomic E-state index is 12.2. The number of likely N-dealkylation sites (tertiary alicyclic amines) is 1. The smallest absolute Gasteiger partial charge is 0.236 e. The van der Waals surface area contributed by atoms with Crippen LogP contribution in [0.3, 0.4) is 0 Å². The quantitative estimate of drug-likeness (QED) is 0.750. The van der Waals surface area contributed by atoms with Crippen LogP contribution >= 0.6 is 11.3 Å². The first-order chi connectivity index (χ1) is 11.7. The molecule has 3 rings (SSSR count). The number of thiophene rings is 1. The number of hydrogen-bond acceptors (Lipinski definition) is 4. The third-order valence-electron chi connectivity index (χ3n) is 4.88. The molecule has 0 atom stereocenters. The van der Waals surface area contributed by atoms with Gasteiger partial charge in [-0.2, -0.15) is 0 Å². The molecule has 6 heteroatoms. The van der Waals surface area contributed by atoms with Crippen molar-refractivity contribution in [3.05, 3.63) is 22.4 Å². The third-order valence-corrected chi connectivity index (χ3v) is 5.81. The largest absolute Gasteiger partial charge is 0.355 e. The average molecular weight is 350 g/mol. The molecule has 1 aliphatic carbocycles. The summed E-state index contributed by atoms with van der Waals surface area (Å²) in [5.41, 5.74) is 0. The van der Waals surface area contributed by atoms with E-state index >= 15 is 0 Å². The number of carbonyl (C=O) groups is 2. The number of nitrogens with zero attached hydrogens (tertiary/aromatic N) is 1. The van der Waals surface area contributed by atoms with Gasteiger partial charge in [0.2, 0.25) is 11.8 Å². The summed E-state index contributed by atoms with van der Waals surface area (Å²) in [6.07, 6.45) is 5.05. The lowest BCUT2D eigenvalue weighted by atomic mass is 9.96. The maximum atomic E-state index is 12.2. The molecular weight excluding hydrogens is 322 g/mol. The maximum Gasteiger partial charge on any atom is 0.236 e. The van der Waals surface area contributed by atoms with Crippen LogP contribution in [0.15, 0.2) is 17.5 Å². The Morgan fingerprint density at radius 3 is 2.67 bits per heavy atom. The zero-order valence-corrected chi connectivity index (χ0v) is 14.9. The summed E-state index contributed by atoms with van der Waals surface area (Å²) in [5, 5.41) is 8.35. The Labute approximate surface area is 147 Å². The van der Waals surface area contributed by atoms with E-state index in [0.29, 0.717) is 26.2 Å². The van der Waals surface area contributed by atoms with E-state index in [1.165, 1.54) is 17.7 Å². The number of hydrogen-bond donors (Lipinski definition) is 2. The highest BCUT2D eigenvalue weighted by molar-refractivity contribution is 7.09. The van der Waals surface area contributed by atoms with Crippen molar-refractivity contribution in [2.75, 3.05) is 32.7 Å². The molecule has 2 amide bonds. The highest BCUT2D eigenvalue weighted by Gasteiger charge is 2.27. The molecule has 24 heavy (non-hydrogen) atoms. The van der Waals surface area contributed by atoms with Gasteiger partial charge in [-0.3, -0.25) is 9.59 Å². The molecule has 0 unspecified atom stereocenters. The van der Waals surface area contributed by atoms with Crippen molar-refractivity contribution < 1.29 is 9.59 Å². The van der Waals surface area contributed by atoms with Crippen LogP contribution in [-0.4, -0.2) is 49.4 Å². The lowest BCUT2D eigenvalue weighted by molar-refractivity contribution is -0.134. The van der Waals surface area contributed by atoms with Crippen molar-refractivity contribution in [1.82, 2.24) is 15.5 Å². The fourth-order valence-electron chi connectivity index (χ4n) is 3.12. The fraction of sp³-hybridized carbons (Fsp3) is 0.667. The van der Waals surface area contributed by atoms with Gasteiger partial charge in [0.05, 0.1) is 6.54 Å². The Balaban J connectivity index is 1.30. The SMILES string of the molecule is O=C(NCCc1cccs1)C1CCN(C(=O)CNCC2CC2)CC1. The molecular formula is C18H27N3O2S. The van der Waals surface area contributed by atoms with E-state index in [1.807, 2.05) is 11.0 Å². The molecule has 0 aromatic carbocycles. The summed E-state index contributed by atoms with van der Waals surface area (Å²) in [6, 6.07) is 4.13. The molecule has 0 bridgehead atoms. The predicted octanol–water partition coefficient (Wildman–Crippen LogP) is 1.64. The number of rotatable bonds is 8. The van der Waals surface area contributed by atoms with E-state index in [9.17, 15) is 9.59 Å². The van der Waals surface area contributed by atoms with Gasteiger partial charge in [0.15, 0.2) is 0 Å². The molecule has 2 heterocycles. The number of piperidine rings is 1. The lowest BCUT2D eigenvalue weighted by Gasteiger charge is -2.31. The van der Waals surface area contributed by atoms with E-state index in [0.717, 1.165) is 31.7 Å². The van der Waals surface area contributed by atoms with Gasteiger partial charge in [0, 0.05) is 30.4 Å². The Bertz CT molecular complexity index is 534. The number of amides is 2. The van der Waals surface area contributed by atoms with E-state index in [2.05, 4.69) is 22.1 Å². The molecule has 1 aromatic heterocycles. The molecule has 1 saturated carbocycles. The molecule has 1 aromatic rings. The summed E-state index contributed by atoms with van der Waals surface area (Å²) in [7, 11) is 0. The predicted molar refractivity (Wildman–Crippen MR) is 95.9 cm³/mol. The number of nitrogens with one attached hydrogen (secondary N) is 2. The fourth-order valence-corrected chi connectivity index (χ4v) is 3.83. The van der Waals surface area contributed by atoms with Crippen LogP contribution in [0.2, 0.25) is 0 Å². The second-order valence-corrected chi connectivity index (χ2v) is 7.88. The topological polar surface area (TPSA) is 61.4 Å². The van der Waals surface area contributed by atoms with E-state index < -0.39 is 0 Å². The summed E-state index contributed by atoms with van der Waals surface area (Å²) < 4.78 is 0. The van der Waals surface area contributed by atoms with Gasteiger partial charge < -0.3 is 15.5 Å². The van der Waals surface area contributed by atoms with Crippen molar-refractivity contribution >= 4 is 23.2 Å². The van der Waals surface area contributed by atoms with Crippen LogP contribution in [0.25, 0.3) is 0 Å². The standard InChI is InChI=1S/C18H27N3O2S/c22-17(13-19-12-14-3-4-14)21-9-6-15(7-10-21)18(23)20-8-5-16-2-1-11-24-16/h1-2,11,14-15,19H,3-10,12-13H2,(H,20,23). The highest BCUT2D eigenvalue weighted by atomic mass is 32.1. The monoisotopic (exact) mass is 349 g/mol. The summed E-state index contributed by atoms with van der Waals surface area (Å²) >= 11 is 1.72. The van der Waals surface area contributed by atoms with E-state index in [1.54, 1.807) is 11.3 Å². The van der Waals surface area contributed by atoms with Gasteiger partial charge in [-0.25, -0.2) is 0 Å². The van der Waals surface area contributed by atoms with Gasteiger partial charge in [-0.15, -0.1) is 11.3 Å². The summed E-state index contributed by atoms with van der Waals surface area (Å²) in [6.45, 7) is 3.51. The molecule has 0 radical (unpaired) electrons.